The number of likely N-dealkylation sites (tertiary alicyclic amines) is 2. The highest BCUT2D eigenvalue weighted by Gasteiger charge is 2.45. The number of nitrogens with two attached hydrogens (primary N) is 1. The Morgan fingerprint density at radius 2 is 1.98 bits per heavy atom. The smallest absolute Gasteiger partial charge is 0.314 e. The number of carboxylic acids is 1. The molecular formula is C29H40ClN5O6. The third-order valence-electron chi connectivity index (χ3n) is 8.45. The Labute approximate surface area is 245 Å². The zero-order chi connectivity index (χ0) is 29.7. The molecule has 0 radical (unpaired) electrons. The topological polar surface area (TPSA) is 146 Å². The van der Waals surface area contributed by atoms with Crippen LogP contribution in [-0.4, -0.2) is 98.8 Å². The van der Waals surface area contributed by atoms with Gasteiger partial charge in [0, 0.05) is 38.5 Å². The number of piperidine rings is 2. The molecule has 0 aromatic heterocycles. The van der Waals surface area contributed by atoms with E-state index < -0.39 is 11.4 Å². The van der Waals surface area contributed by atoms with Crippen molar-refractivity contribution in [3.8, 4) is 5.75 Å². The number of amides is 2. The van der Waals surface area contributed by atoms with Gasteiger partial charge in [-0.2, -0.15) is 0 Å². The van der Waals surface area contributed by atoms with Crippen molar-refractivity contribution in [3.63, 3.8) is 0 Å². The Kier molecular flexibility index (Phi) is 9.96. The van der Waals surface area contributed by atoms with E-state index in [9.17, 15) is 19.5 Å². The SMILES string of the molecule is COc1cc(N)c(Cl)cc1C(=O)N[C@@H]1CCN(CC(=O)NC2=CCC(C(=O)O)(C3CCCN(C)C3)C=C2)C[C@@H]1OC. The van der Waals surface area contributed by atoms with Crippen molar-refractivity contribution < 1.29 is 29.0 Å². The van der Waals surface area contributed by atoms with Crippen LogP contribution in [0.3, 0.4) is 0 Å². The van der Waals surface area contributed by atoms with E-state index in [-0.39, 0.29) is 47.0 Å². The highest BCUT2D eigenvalue weighted by molar-refractivity contribution is 6.33. The Bertz CT molecular complexity index is 1220. The maximum absolute atomic E-state index is 13.0. The summed E-state index contributed by atoms with van der Waals surface area (Å²) in [5.41, 5.74) is 6.08. The molecule has 0 spiro atoms. The minimum atomic E-state index is -0.956. The van der Waals surface area contributed by atoms with Crippen molar-refractivity contribution in [2.24, 2.45) is 11.3 Å². The third kappa shape index (κ3) is 7.03. The average molecular weight is 590 g/mol. The fourth-order valence-corrected chi connectivity index (χ4v) is 6.23. The molecule has 2 fully saturated rings. The minimum Gasteiger partial charge on any atom is -0.496 e. The van der Waals surface area contributed by atoms with Crippen LogP contribution in [0.2, 0.25) is 5.02 Å². The summed E-state index contributed by atoms with van der Waals surface area (Å²) in [7, 11) is 5.05. The number of rotatable bonds is 9. The van der Waals surface area contributed by atoms with Gasteiger partial charge in [-0.05, 0) is 57.3 Å². The Hall–Kier alpha value is -3.12. The van der Waals surface area contributed by atoms with Crippen molar-refractivity contribution in [1.29, 1.82) is 0 Å². The normalized spacial score (nSPS) is 27.1. The van der Waals surface area contributed by atoms with Crippen molar-refractivity contribution in [3.05, 3.63) is 46.6 Å². The molecule has 11 nitrogen and oxygen atoms in total. The maximum Gasteiger partial charge on any atom is 0.314 e. The second kappa shape index (κ2) is 13.2. The van der Waals surface area contributed by atoms with E-state index >= 15 is 0 Å². The molecule has 2 amide bonds. The van der Waals surface area contributed by atoms with Gasteiger partial charge in [0.05, 0.1) is 47.5 Å². The zero-order valence-electron chi connectivity index (χ0n) is 23.8. The molecule has 4 atom stereocenters. The number of nitrogens with one attached hydrogen (secondary N) is 2. The van der Waals surface area contributed by atoms with Gasteiger partial charge in [-0.3, -0.25) is 19.3 Å². The number of hydrogen-bond donors (Lipinski definition) is 4. The van der Waals surface area contributed by atoms with E-state index in [2.05, 4.69) is 15.5 Å². The largest absolute Gasteiger partial charge is 0.496 e. The number of carboxylic acid groups (broad SMARTS) is 1. The van der Waals surface area contributed by atoms with E-state index in [4.69, 9.17) is 26.8 Å². The first-order valence-corrected chi connectivity index (χ1v) is 14.2. The highest BCUT2D eigenvalue weighted by atomic mass is 35.5. The van der Waals surface area contributed by atoms with Crippen LogP contribution in [0.15, 0.2) is 36.1 Å². The lowest BCUT2D eigenvalue weighted by Gasteiger charge is -2.41. The van der Waals surface area contributed by atoms with E-state index in [0.717, 1.165) is 25.9 Å². The molecule has 0 saturated carbocycles. The number of nitrogens with zero attached hydrogens (tertiary/aromatic N) is 2. The monoisotopic (exact) mass is 589 g/mol. The summed E-state index contributed by atoms with van der Waals surface area (Å²) >= 11 is 6.13. The molecule has 0 bridgehead atoms. The van der Waals surface area contributed by atoms with Crippen LogP contribution in [0.25, 0.3) is 0 Å². The molecule has 5 N–H and O–H groups in total. The number of anilines is 1. The van der Waals surface area contributed by atoms with Crippen molar-refractivity contribution >= 4 is 35.1 Å². The summed E-state index contributed by atoms with van der Waals surface area (Å²) in [5, 5.41) is 16.3. The summed E-state index contributed by atoms with van der Waals surface area (Å²) in [6.07, 6.45) is 7.72. The predicted molar refractivity (Wildman–Crippen MR) is 156 cm³/mol. The predicted octanol–water partition coefficient (Wildman–Crippen LogP) is 2.12. The Balaban J connectivity index is 1.31. The van der Waals surface area contributed by atoms with Gasteiger partial charge in [0.1, 0.15) is 5.75 Å². The van der Waals surface area contributed by atoms with Crippen LogP contribution in [0, 0.1) is 11.3 Å². The van der Waals surface area contributed by atoms with E-state index in [0.29, 0.717) is 43.1 Å². The fourth-order valence-electron chi connectivity index (χ4n) is 6.06. The number of carbonyl (C=O) groups is 3. The summed E-state index contributed by atoms with van der Waals surface area (Å²) in [6.45, 7) is 2.88. The average Bonchev–Trinajstić information content (AvgIpc) is 2.95. The van der Waals surface area contributed by atoms with E-state index in [1.54, 1.807) is 19.3 Å². The van der Waals surface area contributed by atoms with Gasteiger partial charge in [-0.25, -0.2) is 0 Å². The van der Waals surface area contributed by atoms with Gasteiger partial charge in [0.15, 0.2) is 0 Å². The second-order valence-electron chi connectivity index (χ2n) is 11.1. The van der Waals surface area contributed by atoms with Crippen molar-refractivity contribution in [2.75, 3.05) is 59.7 Å². The third-order valence-corrected chi connectivity index (χ3v) is 8.78. The number of hydrogen-bond acceptors (Lipinski definition) is 8. The van der Waals surface area contributed by atoms with Gasteiger partial charge >= 0.3 is 5.97 Å². The first-order chi connectivity index (χ1) is 19.6. The van der Waals surface area contributed by atoms with Gasteiger partial charge in [0.25, 0.3) is 5.91 Å². The summed E-state index contributed by atoms with van der Waals surface area (Å²) in [6, 6.07) is 2.72. The fraction of sp³-hybridized carbons (Fsp3) is 0.552. The van der Waals surface area contributed by atoms with Crippen LogP contribution >= 0.6 is 11.6 Å². The van der Waals surface area contributed by atoms with Gasteiger partial charge in [0.2, 0.25) is 5.91 Å². The van der Waals surface area contributed by atoms with Gasteiger partial charge in [-0.1, -0.05) is 23.8 Å². The van der Waals surface area contributed by atoms with Crippen molar-refractivity contribution in [1.82, 2.24) is 20.4 Å². The number of halogens is 1. The second-order valence-corrected chi connectivity index (χ2v) is 11.6. The molecule has 41 heavy (non-hydrogen) atoms. The summed E-state index contributed by atoms with van der Waals surface area (Å²) < 4.78 is 11.0. The number of nitrogen functional groups attached to an aromatic ring is 1. The first kappa shape index (κ1) is 30.8. The number of carbonyl (C=O) groups excluding carboxylic acids is 2. The molecule has 1 aromatic rings. The Morgan fingerprint density at radius 1 is 1.20 bits per heavy atom. The van der Waals surface area contributed by atoms with Gasteiger partial charge < -0.3 is 35.8 Å². The standard InChI is InChI=1S/C29H40ClN5O6/c1-34-11-4-5-18(15-34)29(28(38)39)9-6-19(7-10-29)32-26(36)17-35-12-8-23(25(16-35)41-3)33-27(37)20-13-21(30)22(31)14-24(20)40-2/h6-7,9,13-14,18,23,25H,4-5,8,10-12,15-17,31H2,1-3H3,(H,32,36)(H,33,37)(H,38,39)/t18?,23-,25+,29?/m1/s1. The van der Waals surface area contributed by atoms with Crippen LogP contribution in [0.1, 0.15) is 36.0 Å². The molecule has 224 valence electrons. The van der Waals surface area contributed by atoms with E-state index in [1.165, 1.54) is 19.2 Å². The molecular weight excluding hydrogens is 550 g/mol. The van der Waals surface area contributed by atoms with Crippen LogP contribution in [0.4, 0.5) is 5.69 Å². The number of benzene rings is 1. The van der Waals surface area contributed by atoms with Crippen LogP contribution in [-0.2, 0) is 14.3 Å². The van der Waals surface area contributed by atoms with Crippen molar-refractivity contribution in [2.45, 2.75) is 37.8 Å². The molecule has 2 saturated heterocycles. The molecule has 12 heteroatoms. The molecule has 1 aliphatic carbocycles. The van der Waals surface area contributed by atoms with Crippen LogP contribution in [0.5, 0.6) is 5.75 Å². The Morgan fingerprint density at radius 3 is 2.61 bits per heavy atom. The zero-order valence-corrected chi connectivity index (χ0v) is 24.6. The molecule has 1 aromatic carbocycles. The minimum absolute atomic E-state index is 0.0226. The number of aliphatic carboxylic acids is 1. The quantitative estimate of drug-likeness (QED) is 0.318. The molecule has 3 aliphatic rings. The maximum atomic E-state index is 13.0. The number of ether oxygens (including phenoxy) is 2. The number of allylic oxidation sites excluding steroid dienone is 2. The van der Waals surface area contributed by atoms with E-state index in [1.807, 2.05) is 18.0 Å². The van der Waals surface area contributed by atoms with Crippen LogP contribution < -0.4 is 21.1 Å². The summed E-state index contributed by atoms with van der Waals surface area (Å²) in [5.74, 6) is -1.02. The van der Waals surface area contributed by atoms with Gasteiger partial charge in [-0.15, -0.1) is 0 Å². The molecule has 2 unspecified atom stereocenters. The molecule has 4 rings (SSSR count). The molecule has 2 heterocycles. The lowest BCUT2D eigenvalue weighted by Crippen LogP contribution is -2.56. The lowest BCUT2D eigenvalue weighted by atomic mass is 9.68. The number of methoxy groups -OCH3 is 2. The highest BCUT2D eigenvalue weighted by Crippen LogP contribution is 2.42. The molecule has 2 aliphatic heterocycles. The lowest BCUT2D eigenvalue weighted by molar-refractivity contribution is -0.150. The summed E-state index contributed by atoms with van der Waals surface area (Å²) in [4.78, 5) is 42.4. The first-order valence-electron chi connectivity index (χ1n) is 13.9.